The molecule has 1 fully saturated rings. The maximum atomic E-state index is 13.5. The third kappa shape index (κ3) is 3.79. The first kappa shape index (κ1) is 20.7. The molecule has 1 amide bonds. The number of aromatic nitrogens is 4. The van der Waals surface area contributed by atoms with Crippen LogP contribution in [0.25, 0.3) is 5.00 Å². The summed E-state index contributed by atoms with van der Waals surface area (Å²) in [5.41, 5.74) is 0.0971. The number of carbonyl (C=O) groups is 1. The molecule has 0 saturated carbocycles. The number of aryl methyl sites for hydroxylation is 2. The van der Waals surface area contributed by atoms with Crippen LogP contribution in [0.15, 0.2) is 22.9 Å². The van der Waals surface area contributed by atoms with Crippen LogP contribution in [0.1, 0.15) is 72.1 Å². The number of hydrogen-bond donors (Lipinski definition) is 1. The Morgan fingerprint density at radius 1 is 1.27 bits per heavy atom. The molecule has 1 saturated heterocycles. The lowest BCUT2D eigenvalue weighted by Crippen LogP contribution is -2.45. The molecule has 3 aromatic heterocycles. The van der Waals surface area contributed by atoms with E-state index in [2.05, 4.69) is 22.1 Å². The average molecular weight is 430 g/mol. The number of aliphatic hydroxyl groups is 1. The normalized spacial score (nSPS) is 20.0. The number of nitrogens with zero attached hydrogens (tertiary/aromatic N) is 5. The molecule has 3 aromatic rings. The predicted molar refractivity (Wildman–Crippen MR) is 113 cm³/mol. The van der Waals surface area contributed by atoms with Crippen molar-refractivity contribution in [1.29, 1.82) is 0 Å². The highest BCUT2D eigenvalue weighted by Crippen LogP contribution is 2.35. The molecule has 0 aromatic carbocycles. The van der Waals surface area contributed by atoms with Crippen LogP contribution in [0.3, 0.4) is 0 Å². The van der Waals surface area contributed by atoms with Gasteiger partial charge in [0.1, 0.15) is 17.1 Å². The monoisotopic (exact) mass is 429 g/mol. The molecular formula is C21H27N5O3S. The second-order valence-electron chi connectivity index (χ2n) is 8.49. The highest BCUT2D eigenvalue weighted by molar-refractivity contribution is 7.14. The van der Waals surface area contributed by atoms with E-state index >= 15 is 0 Å². The maximum Gasteiger partial charge on any atom is 0.257 e. The fourth-order valence-corrected chi connectivity index (χ4v) is 4.94. The van der Waals surface area contributed by atoms with Crippen LogP contribution in [0.4, 0.5) is 0 Å². The minimum Gasteiger partial charge on any atom is -0.445 e. The molecule has 30 heavy (non-hydrogen) atoms. The summed E-state index contributed by atoms with van der Waals surface area (Å²) in [6, 6.07) is 2.01. The standard InChI is InChI=1S/C21H27N5O3S/c1-12-6-7-15(18-24-17(14(3)29-18)21(4,5)28)11-25(12)19(27)16-10-13(2)30-20(16)26-22-8-9-23-26/h8-10,12,15,28H,6-7,11H2,1-5H3/t12-,15-/m1/s1. The molecule has 0 unspecified atom stereocenters. The number of oxazole rings is 1. The first-order valence-corrected chi connectivity index (χ1v) is 10.9. The van der Waals surface area contributed by atoms with Gasteiger partial charge in [0.2, 0.25) is 0 Å². The van der Waals surface area contributed by atoms with Gasteiger partial charge in [0.15, 0.2) is 10.9 Å². The summed E-state index contributed by atoms with van der Waals surface area (Å²) in [5.74, 6) is 1.17. The van der Waals surface area contributed by atoms with Crippen molar-refractivity contribution in [2.45, 2.75) is 65.0 Å². The minimum atomic E-state index is -1.07. The van der Waals surface area contributed by atoms with Crippen LogP contribution in [0, 0.1) is 13.8 Å². The van der Waals surface area contributed by atoms with Crippen molar-refractivity contribution in [1.82, 2.24) is 24.9 Å². The molecule has 160 valence electrons. The van der Waals surface area contributed by atoms with Crippen molar-refractivity contribution < 1.29 is 14.3 Å². The number of thiophene rings is 1. The van der Waals surface area contributed by atoms with Crippen LogP contribution in [-0.2, 0) is 5.60 Å². The van der Waals surface area contributed by atoms with Gasteiger partial charge < -0.3 is 14.4 Å². The van der Waals surface area contributed by atoms with Gasteiger partial charge in [0.05, 0.1) is 23.9 Å². The molecule has 2 atom stereocenters. The fraction of sp³-hybridized carbons (Fsp3) is 0.524. The van der Waals surface area contributed by atoms with Gasteiger partial charge in [-0.1, -0.05) is 0 Å². The van der Waals surface area contributed by atoms with Crippen molar-refractivity contribution >= 4 is 17.2 Å². The first-order chi connectivity index (χ1) is 14.1. The molecule has 1 aliphatic heterocycles. The van der Waals surface area contributed by atoms with Gasteiger partial charge in [-0.25, -0.2) is 4.98 Å². The maximum absolute atomic E-state index is 13.5. The zero-order valence-corrected chi connectivity index (χ0v) is 18.7. The van der Waals surface area contributed by atoms with Gasteiger partial charge in [-0.2, -0.15) is 10.2 Å². The van der Waals surface area contributed by atoms with Crippen molar-refractivity contribution in [2.75, 3.05) is 6.54 Å². The van der Waals surface area contributed by atoms with Gasteiger partial charge in [0, 0.05) is 17.5 Å². The summed E-state index contributed by atoms with van der Waals surface area (Å²) in [7, 11) is 0. The van der Waals surface area contributed by atoms with E-state index in [1.807, 2.05) is 24.8 Å². The quantitative estimate of drug-likeness (QED) is 0.681. The largest absolute Gasteiger partial charge is 0.445 e. The van der Waals surface area contributed by atoms with E-state index in [9.17, 15) is 9.90 Å². The molecule has 1 aliphatic rings. The summed E-state index contributed by atoms with van der Waals surface area (Å²) in [6.07, 6.45) is 4.95. The lowest BCUT2D eigenvalue weighted by Gasteiger charge is -2.37. The zero-order valence-electron chi connectivity index (χ0n) is 17.9. The summed E-state index contributed by atoms with van der Waals surface area (Å²) >= 11 is 1.50. The Hall–Kier alpha value is -2.52. The van der Waals surface area contributed by atoms with Crippen LogP contribution < -0.4 is 0 Å². The molecule has 1 N–H and O–H groups in total. The fourth-order valence-electron chi connectivity index (χ4n) is 4.03. The molecule has 0 radical (unpaired) electrons. The average Bonchev–Trinajstić information content (AvgIpc) is 3.40. The number of piperidine rings is 1. The Kier molecular flexibility index (Phi) is 5.27. The second-order valence-corrected chi connectivity index (χ2v) is 9.73. The van der Waals surface area contributed by atoms with E-state index in [1.165, 1.54) is 16.1 Å². The lowest BCUT2D eigenvalue weighted by atomic mass is 9.92. The number of amides is 1. The van der Waals surface area contributed by atoms with Crippen LogP contribution >= 0.6 is 11.3 Å². The van der Waals surface area contributed by atoms with E-state index in [4.69, 9.17) is 4.42 Å². The van der Waals surface area contributed by atoms with Crippen molar-refractivity contribution in [3.05, 3.63) is 46.2 Å². The van der Waals surface area contributed by atoms with Crippen LogP contribution in [0.5, 0.6) is 0 Å². The zero-order chi connectivity index (χ0) is 21.6. The SMILES string of the molecule is Cc1cc(C(=O)N2C[C@H](c3nc(C(C)(C)O)c(C)o3)CC[C@H]2C)c(-n2nccn2)s1. The third-order valence-electron chi connectivity index (χ3n) is 5.55. The van der Waals surface area contributed by atoms with E-state index in [0.29, 0.717) is 29.5 Å². The summed E-state index contributed by atoms with van der Waals surface area (Å²) < 4.78 is 5.91. The van der Waals surface area contributed by atoms with Crippen molar-refractivity contribution in [3.63, 3.8) is 0 Å². The van der Waals surface area contributed by atoms with E-state index < -0.39 is 5.60 Å². The van der Waals surface area contributed by atoms with E-state index in [-0.39, 0.29) is 17.9 Å². The number of likely N-dealkylation sites (tertiary alicyclic amines) is 1. The van der Waals surface area contributed by atoms with Crippen LogP contribution in [0.2, 0.25) is 0 Å². The molecule has 0 aliphatic carbocycles. The van der Waals surface area contributed by atoms with Crippen LogP contribution in [-0.4, -0.2) is 48.5 Å². The van der Waals surface area contributed by atoms with Gasteiger partial charge in [-0.05, 0) is 53.5 Å². The number of rotatable bonds is 4. The Labute approximate surface area is 179 Å². The van der Waals surface area contributed by atoms with Crippen molar-refractivity contribution in [3.8, 4) is 5.00 Å². The second kappa shape index (κ2) is 7.63. The third-order valence-corrected chi connectivity index (χ3v) is 6.57. The molecule has 0 spiro atoms. The Morgan fingerprint density at radius 2 is 1.97 bits per heavy atom. The summed E-state index contributed by atoms with van der Waals surface area (Å²) in [4.78, 5) is 22.5. The summed E-state index contributed by atoms with van der Waals surface area (Å²) in [6.45, 7) is 9.78. The van der Waals surface area contributed by atoms with Gasteiger partial charge in [0.25, 0.3) is 5.91 Å². The Balaban J connectivity index is 1.62. The Morgan fingerprint density at radius 3 is 2.60 bits per heavy atom. The smallest absolute Gasteiger partial charge is 0.257 e. The highest BCUT2D eigenvalue weighted by atomic mass is 32.1. The van der Waals surface area contributed by atoms with Crippen molar-refractivity contribution in [2.24, 2.45) is 0 Å². The first-order valence-electron chi connectivity index (χ1n) is 10.1. The molecule has 4 heterocycles. The van der Waals surface area contributed by atoms with E-state index in [0.717, 1.165) is 22.7 Å². The molecule has 9 heteroatoms. The minimum absolute atomic E-state index is 0.00837. The molecule has 8 nitrogen and oxygen atoms in total. The van der Waals surface area contributed by atoms with Gasteiger partial charge in [-0.15, -0.1) is 16.1 Å². The number of carbonyl (C=O) groups excluding carboxylic acids is 1. The topological polar surface area (TPSA) is 97.3 Å². The predicted octanol–water partition coefficient (Wildman–Crippen LogP) is 3.57. The number of hydrogen-bond acceptors (Lipinski definition) is 7. The molecule has 0 bridgehead atoms. The summed E-state index contributed by atoms with van der Waals surface area (Å²) in [5, 5.41) is 19.5. The van der Waals surface area contributed by atoms with Gasteiger partial charge >= 0.3 is 0 Å². The molecular weight excluding hydrogens is 402 g/mol. The van der Waals surface area contributed by atoms with Gasteiger partial charge in [-0.3, -0.25) is 4.79 Å². The molecule has 4 rings (SSSR count). The highest BCUT2D eigenvalue weighted by Gasteiger charge is 2.35. The van der Waals surface area contributed by atoms with E-state index in [1.54, 1.807) is 26.2 Å². The lowest BCUT2D eigenvalue weighted by molar-refractivity contribution is 0.0595. The Bertz CT molecular complexity index is 1050.